The summed E-state index contributed by atoms with van der Waals surface area (Å²) in [5.74, 6) is 0. The molecule has 0 radical (unpaired) electrons. The van der Waals surface area contributed by atoms with Crippen LogP contribution >= 0.6 is 23.2 Å². The van der Waals surface area contributed by atoms with E-state index in [4.69, 9.17) is 23.2 Å². The minimum atomic E-state index is -0.255. The topological polar surface area (TPSA) is 97.2 Å². The number of nitrogens with one attached hydrogen (secondary N) is 2. The number of H-pyrrole nitrogens is 2. The van der Waals surface area contributed by atoms with Crippen LogP contribution in [0, 0.1) is 0 Å². The van der Waals surface area contributed by atoms with Crippen molar-refractivity contribution in [1.29, 1.82) is 0 Å². The number of aromatic nitrogens is 7. The van der Waals surface area contributed by atoms with Crippen molar-refractivity contribution in [3.05, 3.63) is 92.5 Å². The molecule has 1 aliphatic rings. The van der Waals surface area contributed by atoms with E-state index in [1.807, 2.05) is 54.7 Å². The molecule has 3 aromatic carbocycles. The molecular formula is C25H17Cl2N7O. The van der Waals surface area contributed by atoms with Crippen LogP contribution < -0.4 is 5.69 Å². The molecule has 172 valence electrons. The van der Waals surface area contributed by atoms with E-state index in [9.17, 15) is 4.79 Å². The Labute approximate surface area is 208 Å². The number of hydrogen-bond acceptors (Lipinski definition) is 4. The molecule has 0 bridgehead atoms. The second kappa shape index (κ2) is 7.56. The van der Waals surface area contributed by atoms with Crippen molar-refractivity contribution in [2.24, 2.45) is 0 Å². The molecule has 1 aliphatic carbocycles. The third-order valence-corrected chi connectivity index (χ3v) is 7.19. The van der Waals surface area contributed by atoms with E-state index >= 15 is 0 Å². The Hall–Kier alpha value is -3.88. The van der Waals surface area contributed by atoms with Gasteiger partial charge in [-0.2, -0.15) is 5.10 Å². The average molecular weight is 502 g/mol. The summed E-state index contributed by atoms with van der Waals surface area (Å²) in [4.78, 5) is 17.2. The number of nitrogens with zero attached hydrogens (tertiary/aromatic N) is 5. The highest BCUT2D eigenvalue weighted by atomic mass is 35.5. The molecule has 8 nitrogen and oxygen atoms in total. The Balaban J connectivity index is 1.36. The number of rotatable bonds is 3. The molecule has 3 heterocycles. The van der Waals surface area contributed by atoms with Gasteiger partial charge in [-0.25, -0.2) is 9.48 Å². The van der Waals surface area contributed by atoms with E-state index < -0.39 is 0 Å². The van der Waals surface area contributed by atoms with E-state index in [-0.39, 0.29) is 11.7 Å². The van der Waals surface area contributed by atoms with Crippen molar-refractivity contribution in [1.82, 2.24) is 34.7 Å². The molecular weight excluding hydrogens is 485 g/mol. The summed E-state index contributed by atoms with van der Waals surface area (Å²) in [5, 5.41) is 14.6. The minimum absolute atomic E-state index is 0.123. The number of benzene rings is 3. The van der Waals surface area contributed by atoms with E-state index in [1.165, 1.54) is 11.1 Å². The van der Waals surface area contributed by atoms with Gasteiger partial charge in [-0.3, -0.25) is 4.68 Å². The molecule has 1 unspecified atom stereocenters. The van der Waals surface area contributed by atoms with Crippen LogP contribution in [-0.2, 0) is 6.42 Å². The third kappa shape index (κ3) is 3.21. The first kappa shape index (κ1) is 20.5. The van der Waals surface area contributed by atoms with Crippen molar-refractivity contribution < 1.29 is 0 Å². The SMILES string of the molecule is O=c1[nH]c2ccc(-n3nnc4c(Cl)cc(-c5ccnn5C5CCc6cc(Cl)ccc65)cc43)cc2[nH]1. The van der Waals surface area contributed by atoms with Crippen LogP contribution in [0.25, 0.3) is 39.0 Å². The van der Waals surface area contributed by atoms with Crippen LogP contribution in [-0.4, -0.2) is 34.7 Å². The molecule has 0 aliphatic heterocycles. The van der Waals surface area contributed by atoms with Gasteiger partial charge in [0.2, 0.25) is 0 Å². The van der Waals surface area contributed by atoms with E-state index in [1.54, 1.807) is 4.68 Å². The van der Waals surface area contributed by atoms with Gasteiger partial charge in [0.25, 0.3) is 0 Å². The molecule has 0 fully saturated rings. The van der Waals surface area contributed by atoms with Gasteiger partial charge in [0.15, 0.2) is 0 Å². The Morgan fingerprint density at radius 3 is 2.77 bits per heavy atom. The monoisotopic (exact) mass is 501 g/mol. The molecule has 1 atom stereocenters. The van der Waals surface area contributed by atoms with E-state index in [0.717, 1.165) is 45.8 Å². The van der Waals surface area contributed by atoms with Crippen molar-refractivity contribution in [3.8, 4) is 16.9 Å². The summed E-state index contributed by atoms with van der Waals surface area (Å²) in [6.45, 7) is 0. The van der Waals surface area contributed by atoms with E-state index in [0.29, 0.717) is 16.1 Å². The average Bonchev–Trinajstić information content (AvgIpc) is 3.62. The Morgan fingerprint density at radius 2 is 1.86 bits per heavy atom. The number of hydrogen-bond donors (Lipinski definition) is 2. The highest BCUT2D eigenvalue weighted by Crippen LogP contribution is 2.39. The van der Waals surface area contributed by atoms with Crippen LogP contribution in [0.15, 0.2) is 65.6 Å². The zero-order valence-corrected chi connectivity index (χ0v) is 19.7. The summed E-state index contributed by atoms with van der Waals surface area (Å²) >= 11 is 12.9. The highest BCUT2D eigenvalue weighted by molar-refractivity contribution is 6.35. The minimum Gasteiger partial charge on any atom is -0.306 e. The van der Waals surface area contributed by atoms with Gasteiger partial charge in [-0.15, -0.1) is 5.10 Å². The maximum Gasteiger partial charge on any atom is 0.323 e. The molecule has 6 aromatic rings. The number of aromatic amines is 2. The summed E-state index contributed by atoms with van der Waals surface area (Å²) in [6.07, 6.45) is 3.72. The van der Waals surface area contributed by atoms with Gasteiger partial charge in [0.1, 0.15) is 5.52 Å². The number of fused-ring (bicyclic) bond motifs is 3. The second-order valence-electron chi connectivity index (χ2n) is 8.69. The van der Waals surface area contributed by atoms with Gasteiger partial charge < -0.3 is 9.97 Å². The molecule has 35 heavy (non-hydrogen) atoms. The fourth-order valence-electron chi connectivity index (χ4n) is 5.08. The number of imidazole rings is 1. The van der Waals surface area contributed by atoms with Crippen LogP contribution in [0.5, 0.6) is 0 Å². The van der Waals surface area contributed by atoms with Gasteiger partial charge in [0, 0.05) is 16.8 Å². The number of halogens is 2. The summed E-state index contributed by atoms with van der Waals surface area (Å²) < 4.78 is 3.78. The summed E-state index contributed by atoms with van der Waals surface area (Å²) in [6, 6.07) is 17.7. The fourth-order valence-corrected chi connectivity index (χ4v) is 5.53. The maximum absolute atomic E-state index is 11.7. The molecule has 0 amide bonds. The highest BCUT2D eigenvalue weighted by Gasteiger charge is 2.27. The molecule has 0 saturated heterocycles. The van der Waals surface area contributed by atoms with Crippen LogP contribution in [0.3, 0.4) is 0 Å². The lowest BCUT2D eigenvalue weighted by atomic mass is 10.1. The predicted octanol–water partition coefficient (Wildman–Crippen LogP) is 5.30. The zero-order chi connectivity index (χ0) is 23.7. The fraction of sp³-hybridized carbons (Fsp3) is 0.120. The molecule has 3 aromatic heterocycles. The van der Waals surface area contributed by atoms with Crippen molar-refractivity contribution in [3.63, 3.8) is 0 Å². The van der Waals surface area contributed by atoms with Gasteiger partial charge in [-0.05, 0) is 72.5 Å². The van der Waals surface area contributed by atoms with Crippen LogP contribution in [0.1, 0.15) is 23.6 Å². The summed E-state index contributed by atoms with van der Waals surface area (Å²) in [7, 11) is 0. The lowest BCUT2D eigenvalue weighted by Crippen LogP contribution is -2.10. The molecule has 7 rings (SSSR count). The first-order valence-electron chi connectivity index (χ1n) is 11.1. The van der Waals surface area contributed by atoms with E-state index in [2.05, 4.69) is 36.1 Å². The van der Waals surface area contributed by atoms with Crippen LogP contribution in [0.4, 0.5) is 0 Å². The van der Waals surface area contributed by atoms with Crippen molar-refractivity contribution >= 4 is 45.3 Å². The molecule has 0 saturated carbocycles. The van der Waals surface area contributed by atoms with Crippen molar-refractivity contribution in [2.75, 3.05) is 0 Å². The van der Waals surface area contributed by atoms with Gasteiger partial charge in [-0.1, -0.05) is 34.5 Å². The molecule has 10 heteroatoms. The lowest BCUT2D eigenvalue weighted by Gasteiger charge is -2.17. The maximum atomic E-state index is 11.7. The Bertz CT molecular complexity index is 1830. The first-order chi connectivity index (χ1) is 17.0. The molecule has 0 spiro atoms. The second-order valence-corrected chi connectivity index (χ2v) is 9.54. The largest absolute Gasteiger partial charge is 0.323 e. The quantitative estimate of drug-likeness (QED) is 0.344. The smallest absolute Gasteiger partial charge is 0.306 e. The normalized spacial score (nSPS) is 15.3. The lowest BCUT2D eigenvalue weighted by molar-refractivity contribution is 0.526. The number of aryl methyl sites for hydroxylation is 1. The van der Waals surface area contributed by atoms with Crippen molar-refractivity contribution in [2.45, 2.75) is 18.9 Å². The van der Waals surface area contributed by atoms with Gasteiger partial charge >= 0.3 is 5.69 Å². The molecule has 2 N–H and O–H groups in total. The Kier molecular flexibility index (Phi) is 4.43. The predicted molar refractivity (Wildman–Crippen MR) is 135 cm³/mol. The first-order valence-corrected chi connectivity index (χ1v) is 11.9. The summed E-state index contributed by atoms with van der Waals surface area (Å²) in [5.41, 5.74) is 7.67. The van der Waals surface area contributed by atoms with Crippen LogP contribution in [0.2, 0.25) is 10.0 Å². The standard InChI is InChI=1S/C25H17Cl2N7O/c26-15-2-4-17-13(9-15)1-6-22(17)34-21(7-8-28-34)14-10-18(27)24-23(11-14)33(32-31-24)16-3-5-19-20(12-16)30-25(35)29-19/h2-5,7-12,22H,1,6H2,(H2,29,30,35). The van der Waals surface area contributed by atoms with Gasteiger partial charge in [0.05, 0.1) is 39.0 Å². The zero-order valence-electron chi connectivity index (χ0n) is 18.2. The third-order valence-electron chi connectivity index (χ3n) is 6.66. The Morgan fingerprint density at radius 1 is 0.971 bits per heavy atom.